The van der Waals surface area contributed by atoms with Gasteiger partial charge in [-0.1, -0.05) is 83.5 Å². The van der Waals surface area contributed by atoms with Gasteiger partial charge in [-0.05, 0) is 48.7 Å². The lowest BCUT2D eigenvalue weighted by molar-refractivity contribution is -0.139. The number of thioether (sulfide) groups is 1. The summed E-state index contributed by atoms with van der Waals surface area (Å²) in [6, 6.07) is 27.1. The molecule has 0 aromatic heterocycles. The summed E-state index contributed by atoms with van der Waals surface area (Å²) in [5.74, 6) is 0.0835. The average molecular weight is 540 g/mol. The molecule has 2 amide bonds. The molecule has 0 fully saturated rings. The van der Waals surface area contributed by atoms with E-state index in [1.807, 2.05) is 98.8 Å². The first-order chi connectivity index (χ1) is 16.5. The van der Waals surface area contributed by atoms with Crippen LogP contribution in [0.3, 0.4) is 0 Å². The lowest BCUT2D eigenvalue weighted by Gasteiger charge is -2.32. The van der Waals surface area contributed by atoms with E-state index in [1.165, 1.54) is 11.8 Å². The van der Waals surface area contributed by atoms with E-state index in [0.717, 1.165) is 26.9 Å². The predicted molar refractivity (Wildman–Crippen MR) is 144 cm³/mol. The molecule has 0 aliphatic heterocycles. The second-order valence-corrected chi connectivity index (χ2v) is 10.2. The molecular weight excluding hydrogens is 508 g/mol. The van der Waals surface area contributed by atoms with Gasteiger partial charge in [-0.3, -0.25) is 9.59 Å². The minimum absolute atomic E-state index is 0.0345. The smallest absolute Gasteiger partial charge is 0.243 e. The van der Waals surface area contributed by atoms with Gasteiger partial charge in [0.15, 0.2) is 0 Å². The minimum Gasteiger partial charge on any atom is -0.352 e. The molecule has 6 heteroatoms. The highest BCUT2D eigenvalue weighted by molar-refractivity contribution is 9.10. The Kier molecular flexibility index (Phi) is 10.2. The number of hydrogen-bond acceptors (Lipinski definition) is 3. The highest BCUT2D eigenvalue weighted by Crippen LogP contribution is 2.22. The van der Waals surface area contributed by atoms with Crippen molar-refractivity contribution in [2.75, 3.05) is 5.75 Å². The maximum atomic E-state index is 13.6. The van der Waals surface area contributed by atoms with Crippen molar-refractivity contribution in [2.45, 2.75) is 50.2 Å². The first-order valence-corrected chi connectivity index (χ1v) is 13.3. The third-order valence-electron chi connectivity index (χ3n) is 5.62. The molecule has 178 valence electrons. The molecule has 3 aromatic carbocycles. The third-order valence-corrected chi connectivity index (χ3v) is 7.11. The van der Waals surface area contributed by atoms with E-state index in [0.29, 0.717) is 13.0 Å². The molecule has 2 atom stereocenters. The third kappa shape index (κ3) is 8.03. The van der Waals surface area contributed by atoms with Gasteiger partial charge in [0.25, 0.3) is 0 Å². The fraction of sp³-hybridized carbons (Fsp3) is 0.286. The predicted octanol–water partition coefficient (Wildman–Crippen LogP) is 6.10. The van der Waals surface area contributed by atoms with Crippen molar-refractivity contribution < 1.29 is 9.59 Å². The number of nitrogens with one attached hydrogen (secondary N) is 1. The minimum atomic E-state index is -0.612. The van der Waals surface area contributed by atoms with E-state index in [-0.39, 0.29) is 23.6 Å². The Hall–Kier alpha value is -2.57. The summed E-state index contributed by atoms with van der Waals surface area (Å²) in [6.07, 6.45) is 1.28. The first kappa shape index (κ1) is 26.0. The monoisotopic (exact) mass is 538 g/mol. The lowest BCUT2D eigenvalue weighted by Crippen LogP contribution is -2.52. The van der Waals surface area contributed by atoms with Crippen LogP contribution < -0.4 is 5.32 Å². The maximum absolute atomic E-state index is 13.6. The van der Waals surface area contributed by atoms with Gasteiger partial charge in [0.2, 0.25) is 11.8 Å². The quantitative estimate of drug-likeness (QED) is 0.300. The number of carbonyl (C=O) groups excluding carboxylic acids is 2. The normalized spacial score (nSPS) is 12.6. The van der Waals surface area contributed by atoms with Crippen LogP contribution in [0.2, 0.25) is 0 Å². The molecule has 0 aliphatic carbocycles. The zero-order chi connectivity index (χ0) is 24.3. The molecule has 0 saturated carbocycles. The number of hydrogen-bond donors (Lipinski definition) is 1. The van der Waals surface area contributed by atoms with Gasteiger partial charge < -0.3 is 10.2 Å². The molecule has 0 bridgehead atoms. The Morgan fingerprint density at radius 1 is 0.941 bits per heavy atom. The summed E-state index contributed by atoms with van der Waals surface area (Å²) in [7, 11) is 0. The zero-order valence-corrected chi connectivity index (χ0v) is 22.0. The largest absolute Gasteiger partial charge is 0.352 e. The van der Waals surface area contributed by atoms with E-state index in [4.69, 9.17) is 0 Å². The molecule has 0 heterocycles. The molecule has 1 N–H and O–H groups in total. The maximum Gasteiger partial charge on any atom is 0.243 e. The second kappa shape index (κ2) is 13.4. The molecule has 4 nitrogen and oxygen atoms in total. The van der Waals surface area contributed by atoms with Crippen molar-refractivity contribution in [3.05, 3.63) is 101 Å². The van der Waals surface area contributed by atoms with Crippen LogP contribution in [0.1, 0.15) is 31.4 Å². The number of nitrogens with zero attached hydrogens (tertiary/aromatic N) is 1. The number of amides is 2. The van der Waals surface area contributed by atoms with E-state index >= 15 is 0 Å². The number of benzene rings is 3. The van der Waals surface area contributed by atoms with Crippen molar-refractivity contribution in [3.63, 3.8) is 0 Å². The van der Waals surface area contributed by atoms with Crippen LogP contribution >= 0.6 is 27.7 Å². The summed E-state index contributed by atoms with van der Waals surface area (Å²) in [5.41, 5.74) is 2.00. The topological polar surface area (TPSA) is 49.4 Å². The fourth-order valence-electron chi connectivity index (χ4n) is 3.57. The molecule has 34 heavy (non-hydrogen) atoms. The van der Waals surface area contributed by atoms with Gasteiger partial charge in [-0.2, -0.15) is 0 Å². The van der Waals surface area contributed by atoms with Crippen molar-refractivity contribution in [3.8, 4) is 0 Å². The zero-order valence-electron chi connectivity index (χ0n) is 19.6. The van der Waals surface area contributed by atoms with Crippen LogP contribution in [0, 0.1) is 0 Å². The number of carbonyl (C=O) groups is 2. The Labute approximate surface area is 215 Å². The van der Waals surface area contributed by atoms with Crippen LogP contribution in [0.5, 0.6) is 0 Å². The Balaban J connectivity index is 1.91. The van der Waals surface area contributed by atoms with Crippen LogP contribution in [-0.2, 0) is 22.6 Å². The van der Waals surface area contributed by atoms with Crippen molar-refractivity contribution >= 4 is 39.5 Å². The van der Waals surface area contributed by atoms with E-state index in [2.05, 4.69) is 21.2 Å². The lowest BCUT2D eigenvalue weighted by atomic mass is 10.0. The van der Waals surface area contributed by atoms with Crippen LogP contribution in [-0.4, -0.2) is 34.6 Å². The molecule has 0 unspecified atom stereocenters. The Morgan fingerprint density at radius 2 is 1.59 bits per heavy atom. The molecule has 0 radical (unpaired) electrons. The van der Waals surface area contributed by atoms with Gasteiger partial charge in [0.1, 0.15) is 6.04 Å². The summed E-state index contributed by atoms with van der Waals surface area (Å²) in [6.45, 7) is 4.39. The highest BCUT2D eigenvalue weighted by atomic mass is 79.9. The van der Waals surface area contributed by atoms with E-state index in [9.17, 15) is 9.59 Å². The van der Waals surface area contributed by atoms with E-state index in [1.54, 1.807) is 4.90 Å². The first-order valence-electron chi connectivity index (χ1n) is 11.5. The highest BCUT2D eigenvalue weighted by Gasteiger charge is 2.31. The summed E-state index contributed by atoms with van der Waals surface area (Å²) in [4.78, 5) is 29.9. The standard InChI is InChI=1S/C28H31BrN2O2S/c1-3-21(2)30-28(33)26(18-22-11-6-4-7-12-22)31(19-23-13-10-14-24(29)17-23)27(32)20-34-25-15-8-5-9-16-25/h4-17,21,26H,3,18-20H2,1-2H3,(H,30,33)/t21-,26-/m1/s1. The van der Waals surface area contributed by atoms with E-state index < -0.39 is 6.04 Å². The van der Waals surface area contributed by atoms with Crippen molar-refractivity contribution in [2.24, 2.45) is 0 Å². The number of rotatable bonds is 11. The summed E-state index contributed by atoms with van der Waals surface area (Å²) < 4.78 is 0.944. The van der Waals surface area contributed by atoms with Crippen LogP contribution in [0.15, 0.2) is 94.3 Å². The number of halogens is 1. The summed E-state index contributed by atoms with van der Waals surface area (Å²) in [5, 5.41) is 3.11. The molecule has 0 spiro atoms. The van der Waals surface area contributed by atoms with Gasteiger partial charge in [0, 0.05) is 28.4 Å². The molecule has 3 aromatic rings. The van der Waals surface area contributed by atoms with Crippen LogP contribution in [0.25, 0.3) is 0 Å². The van der Waals surface area contributed by atoms with Gasteiger partial charge in [-0.25, -0.2) is 0 Å². The SMILES string of the molecule is CC[C@@H](C)NC(=O)[C@@H](Cc1ccccc1)N(Cc1cccc(Br)c1)C(=O)CSc1ccccc1. The molecular formula is C28H31BrN2O2S. The second-order valence-electron chi connectivity index (χ2n) is 8.28. The fourth-order valence-corrected chi connectivity index (χ4v) is 4.82. The Morgan fingerprint density at radius 3 is 2.24 bits per heavy atom. The average Bonchev–Trinajstić information content (AvgIpc) is 2.85. The molecule has 0 saturated heterocycles. The Bertz CT molecular complexity index is 1060. The van der Waals surface area contributed by atoms with Crippen molar-refractivity contribution in [1.82, 2.24) is 10.2 Å². The van der Waals surface area contributed by atoms with Crippen molar-refractivity contribution in [1.29, 1.82) is 0 Å². The summed E-state index contributed by atoms with van der Waals surface area (Å²) >= 11 is 5.02. The van der Waals surface area contributed by atoms with Crippen LogP contribution in [0.4, 0.5) is 0 Å². The van der Waals surface area contributed by atoms with Gasteiger partial charge in [0.05, 0.1) is 5.75 Å². The molecule has 3 rings (SSSR count). The molecule has 0 aliphatic rings. The van der Waals surface area contributed by atoms with Gasteiger partial charge >= 0.3 is 0 Å². The van der Waals surface area contributed by atoms with Gasteiger partial charge in [-0.15, -0.1) is 11.8 Å².